The van der Waals surface area contributed by atoms with E-state index in [4.69, 9.17) is 4.98 Å². The topological polar surface area (TPSA) is 73.0 Å². The number of carbonyl (C=O) groups is 1. The van der Waals surface area contributed by atoms with Gasteiger partial charge in [0.15, 0.2) is 0 Å². The lowest BCUT2D eigenvalue weighted by Crippen LogP contribution is -2.36. The molecule has 5 rings (SSSR count). The fourth-order valence-corrected chi connectivity index (χ4v) is 4.27. The van der Waals surface area contributed by atoms with Crippen molar-refractivity contribution in [3.63, 3.8) is 0 Å². The third kappa shape index (κ3) is 3.14. The van der Waals surface area contributed by atoms with Crippen LogP contribution in [0.4, 0.5) is 0 Å². The van der Waals surface area contributed by atoms with Gasteiger partial charge in [-0.05, 0) is 38.3 Å². The number of nitrogens with zero attached hydrogens (tertiary/aromatic N) is 5. The van der Waals surface area contributed by atoms with Crippen LogP contribution in [0.2, 0.25) is 0 Å². The molecule has 1 aliphatic heterocycles. The Kier molecular flexibility index (Phi) is 4.26. The molecule has 1 amide bonds. The van der Waals surface area contributed by atoms with Crippen LogP contribution in [-0.4, -0.2) is 43.0 Å². The highest BCUT2D eigenvalue weighted by molar-refractivity contribution is 5.81. The Morgan fingerprint density at radius 1 is 1.14 bits per heavy atom. The largest absolute Gasteiger partial charge is 0.340 e. The maximum Gasteiger partial charge on any atom is 0.256 e. The SMILES string of the molecule is Cc1nc2c(c(=O)n1C)CCN(C(=O)Cn1c(C3CC3)nc3ccccc31)CC2. The first-order chi connectivity index (χ1) is 14.0. The zero-order valence-corrected chi connectivity index (χ0v) is 16.9. The number of benzene rings is 1. The van der Waals surface area contributed by atoms with Crippen molar-refractivity contribution in [3.8, 4) is 0 Å². The molecule has 0 N–H and O–H groups in total. The van der Waals surface area contributed by atoms with Gasteiger partial charge in [0.25, 0.3) is 5.56 Å². The minimum atomic E-state index is 0.0124. The Morgan fingerprint density at radius 3 is 2.69 bits per heavy atom. The molecule has 0 unspecified atom stereocenters. The van der Waals surface area contributed by atoms with Crippen molar-refractivity contribution in [3.05, 3.63) is 57.5 Å². The first-order valence-corrected chi connectivity index (χ1v) is 10.3. The van der Waals surface area contributed by atoms with E-state index in [-0.39, 0.29) is 11.5 Å². The summed E-state index contributed by atoms with van der Waals surface area (Å²) in [6.45, 7) is 3.29. The molecule has 150 valence electrons. The van der Waals surface area contributed by atoms with E-state index in [0.717, 1.165) is 41.0 Å². The van der Waals surface area contributed by atoms with Crippen LogP contribution in [0.25, 0.3) is 11.0 Å². The van der Waals surface area contributed by atoms with Crippen molar-refractivity contribution >= 4 is 16.9 Å². The van der Waals surface area contributed by atoms with Crippen molar-refractivity contribution in [2.75, 3.05) is 13.1 Å². The van der Waals surface area contributed by atoms with Crippen molar-refractivity contribution in [2.24, 2.45) is 7.05 Å². The molecule has 0 radical (unpaired) electrons. The van der Waals surface area contributed by atoms with Gasteiger partial charge in [0.1, 0.15) is 18.2 Å². The molecule has 0 atom stereocenters. The monoisotopic (exact) mass is 391 g/mol. The van der Waals surface area contributed by atoms with Crippen molar-refractivity contribution in [1.29, 1.82) is 0 Å². The Morgan fingerprint density at radius 2 is 1.90 bits per heavy atom. The average Bonchev–Trinajstić information content (AvgIpc) is 3.52. The minimum Gasteiger partial charge on any atom is -0.340 e. The van der Waals surface area contributed by atoms with Crippen LogP contribution >= 0.6 is 0 Å². The first kappa shape index (κ1) is 18.1. The molecule has 7 nitrogen and oxygen atoms in total. The zero-order valence-electron chi connectivity index (χ0n) is 16.9. The molecular weight excluding hydrogens is 366 g/mol. The van der Waals surface area contributed by atoms with E-state index in [1.165, 1.54) is 0 Å². The maximum atomic E-state index is 13.2. The second-order valence-corrected chi connectivity index (χ2v) is 8.15. The number of aryl methyl sites for hydroxylation is 1. The Bertz CT molecular complexity index is 1170. The van der Waals surface area contributed by atoms with Gasteiger partial charge in [-0.3, -0.25) is 14.2 Å². The summed E-state index contributed by atoms with van der Waals surface area (Å²) >= 11 is 0. The number of imidazole rings is 1. The predicted octanol–water partition coefficient (Wildman–Crippen LogP) is 1.94. The Hall–Kier alpha value is -2.96. The van der Waals surface area contributed by atoms with Crippen LogP contribution in [0.15, 0.2) is 29.1 Å². The normalized spacial score (nSPS) is 16.7. The summed E-state index contributed by atoms with van der Waals surface area (Å²) in [5.41, 5.74) is 3.58. The van der Waals surface area contributed by atoms with E-state index >= 15 is 0 Å². The molecule has 2 aromatic heterocycles. The molecular formula is C22H25N5O2. The molecule has 0 bridgehead atoms. The van der Waals surface area contributed by atoms with Crippen molar-refractivity contribution < 1.29 is 4.79 Å². The van der Waals surface area contributed by atoms with E-state index in [1.807, 2.05) is 36.1 Å². The third-order valence-corrected chi connectivity index (χ3v) is 6.22. The van der Waals surface area contributed by atoms with Crippen LogP contribution in [-0.2, 0) is 31.2 Å². The van der Waals surface area contributed by atoms with E-state index < -0.39 is 0 Å². The van der Waals surface area contributed by atoms with Gasteiger partial charge < -0.3 is 9.47 Å². The van der Waals surface area contributed by atoms with Gasteiger partial charge in [0, 0.05) is 38.0 Å². The van der Waals surface area contributed by atoms with Gasteiger partial charge in [-0.15, -0.1) is 0 Å². The van der Waals surface area contributed by atoms with Crippen LogP contribution in [0.3, 0.4) is 0 Å². The van der Waals surface area contributed by atoms with E-state index in [2.05, 4.69) is 9.55 Å². The molecule has 3 heterocycles. The smallest absolute Gasteiger partial charge is 0.256 e. The van der Waals surface area contributed by atoms with E-state index in [0.29, 0.717) is 44.2 Å². The van der Waals surface area contributed by atoms with Crippen LogP contribution in [0, 0.1) is 6.92 Å². The number of para-hydroxylation sites is 2. The molecule has 29 heavy (non-hydrogen) atoms. The Labute approximate surface area is 169 Å². The summed E-state index contributed by atoms with van der Waals surface area (Å²) in [6.07, 6.45) is 3.47. The quantitative estimate of drug-likeness (QED) is 0.684. The molecule has 7 heteroatoms. The lowest BCUT2D eigenvalue weighted by atomic mass is 10.1. The van der Waals surface area contributed by atoms with Gasteiger partial charge in [-0.1, -0.05) is 12.1 Å². The standard InChI is InChI=1S/C22H25N5O2/c1-14-23-17-10-12-26(11-9-16(17)22(29)25(14)2)20(28)13-27-19-6-4-3-5-18(19)24-21(27)15-7-8-15/h3-6,15H,7-13H2,1-2H3. The Balaban J connectivity index is 1.40. The van der Waals surface area contributed by atoms with Crippen molar-refractivity contribution in [1.82, 2.24) is 24.0 Å². The van der Waals surface area contributed by atoms with Crippen LogP contribution in [0.1, 0.15) is 41.7 Å². The van der Waals surface area contributed by atoms with Crippen molar-refractivity contribution in [2.45, 2.75) is 45.1 Å². The lowest BCUT2D eigenvalue weighted by Gasteiger charge is -2.21. The summed E-state index contributed by atoms with van der Waals surface area (Å²) < 4.78 is 3.69. The molecule has 0 spiro atoms. The van der Waals surface area contributed by atoms with Crippen LogP contribution < -0.4 is 5.56 Å². The number of hydrogen-bond acceptors (Lipinski definition) is 4. The molecule has 1 saturated carbocycles. The molecule has 1 aromatic carbocycles. The van der Waals surface area contributed by atoms with E-state index in [1.54, 1.807) is 11.6 Å². The highest BCUT2D eigenvalue weighted by Gasteiger charge is 2.31. The fraction of sp³-hybridized carbons (Fsp3) is 0.455. The third-order valence-electron chi connectivity index (χ3n) is 6.22. The number of amides is 1. The number of aromatic nitrogens is 4. The van der Waals surface area contributed by atoms with Gasteiger partial charge in [0.05, 0.1) is 16.7 Å². The zero-order chi connectivity index (χ0) is 20.1. The second kappa shape index (κ2) is 6.83. The number of fused-ring (bicyclic) bond motifs is 2. The summed E-state index contributed by atoms with van der Waals surface area (Å²) in [7, 11) is 1.75. The fourth-order valence-electron chi connectivity index (χ4n) is 4.27. The van der Waals surface area contributed by atoms with Gasteiger partial charge in [-0.25, -0.2) is 9.97 Å². The number of carbonyl (C=O) groups excluding carboxylic acids is 1. The minimum absolute atomic E-state index is 0.0124. The molecule has 1 aliphatic carbocycles. The summed E-state index contributed by atoms with van der Waals surface area (Å²) in [5.74, 6) is 2.30. The van der Waals surface area contributed by atoms with E-state index in [9.17, 15) is 9.59 Å². The maximum absolute atomic E-state index is 13.2. The molecule has 0 saturated heterocycles. The average molecular weight is 391 g/mol. The summed E-state index contributed by atoms with van der Waals surface area (Å²) in [5, 5.41) is 0. The first-order valence-electron chi connectivity index (χ1n) is 10.3. The summed E-state index contributed by atoms with van der Waals surface area (Å²) in [4.78, 5) is 37.1. The van der Waals surface area contributed by atoms with Gasteiger partial charge in [-0.2, -0.15) is 0 Å². The number of rotatable bonds is 3. The summed E-state index contributed by atoms with van der Waals surface area (Å²) in [6, 6.07) is 8.03. The molecule has 3 aromatic rings. The molecule has 2 aliphatic rings. The van der Waals surface area contributed by atoms with Gasteiger partial charge >= 0.3 is 0 Å². The second-order valence-electron chi connectivity index (χ2n) is 8.15. The highest BCUT2D eigenvalue weighted by Crippen LogP contribution is 2.40. The molecule has 1 fully saturated rings. The number of hydrogen-bond donors (Lipinski definition) is 0. The van der Waals surface area contributed by atoms with Gasteiger partial charge in [0.2, 0.25) is 5.91 Å². The predicted molar refractivity (Wildman–Crippen MR) is 110 cm³/mol. The lowest BCUT2D eigenvalue weighted by molar-refractivity contribution is -0.131. The highest BCUT2D eigenvalue weighted by atomic mass is 16.2. The van der Waals surface area contributed by atoms with Crippen LogP contribution in [0.5, 0.6) is 0 Å².